The molecule has 26 heavy (non-hydrogen) atoms. The van der Waals surface area contributed by atoms with Gasteiger partial charge >= 0.3 is 0 Å². The highest BCUT2D eigenvalue weighted by Gasteiger charge is 2.14. The maximum Gasteiger partial charge on any atom is 0.252 e. The molecule has 0 bridgehead atoms. The molecule has 0 saturated carbocycles. The third-order valence-corrected chi connectivity index (χ3v) is 4.41. The Morgan fingerprint density at radius 2 is 1.88 bits per heavy atom. The molecule has 1 heterocycles. The zero-order valence-electron chi connectivity index (χ0n) is 14.8. The van der Waals surface area contributed by atoms with E-state index in [9.17, 15) is 14.3 Å². The van der Waals surface area contributed by atoms with E-state index in [1.54, 1.807) is 6.07 Å². The monoisotopic (exact) mass is 354 g/mol. The van der Waals surface area contributed by atoms with Gasteiger partial charge in [-0.25, -0.2) is 4.39 Å². The summed E-state index contributed by atoms with van der Waals surface area (Å²) in [6, 6.07) is 16.2. The smallest absolute Gasteiger partial charge is 0.252 e. The Balaban J connectivity index is 1.87. The molecule has 0 saturated heterocycles. The Kier molecular flexibility index (Phi) is 5.81. The van der Waals surface area contributed by atoms with Gasteiger partial charge in [-0.05, 0) is 41.1 Å². The standard InChI is InChI=1S/C21H23FN2O2/c1-15(14-25)11-24(12-16-5-3-2-4-6-16)13-18-9-17-7-8-19(22)10-20(17)23-21(18)26/h2-10,15,25H,11-14H2,1H3,(H,23,26)/t15-/m1/s1. The fourth-order valence-electron chi connectivity index (χ4n) is 3.10. The lowest BCUT2D eigenvalue weighted by molar-refractivity contribution is 0.163. The molecule has 3 rings (SSSR count). The lowest BCUT2D eigenvalue weighted by Crippen LogP contribution is -2.31. The fourth-order valence-corrected chi connectivity index (χ4v) is 3.10. The van der Waals surface area contributed by atoms with Crippen molar-refractivity contribution >= 4 is 10.9 Å². The second-order valence-electron chi connectivity index (χ2n) is 6.80. The van der Waals surface area contributed by atoms with Crippen LogP contribution in [0.1, 0.15) is 18.1 Å². The van der Waals surface area contributed by atoms with Crippen molar-refractivity contribution in [2.45, 2.75) is 20.0 Å². The zero-order valence-corrected chi connectivity index (χ0v) is 14.8. The number of H-pyrrole nitrogens is 1. The number of fused-ring (bicyclic) bond motifs is 1. The van der Waals surface area contributed by atoms with Gasteiger partial charge in [0.1, 0.15) is 5.82 Å². The van der Waals surface area contributed by atoms with Crippen LogP contribution in [-0.2, 0) is 13.1 Å². The average molecular weight is 354 g/mol. The number of aliphatic hydroxyl groups is 1. The van der Waals surface area contributed by atoms with Gasteiger partial charge in [-0.3, -0.25) is 9.69 Å². The van der Waals surface area contributed by atoms with Gasteiger partial charge in [-0.15, -0.1) is 0 Å². The lowest BCUT2D eigenvalue weighted by atomic mass is 10.1. The van der Waals surface area contributed by atoms with Crippen molar-refractivity contribution in [1.82, 2.24) is 9.88 Å². The summed E-state index contributed by atoms with van der Waals surface area (Å²) in [7, 11) is 0. The van der Waals surface area contributed by atoms with Crippen molar-refractivity contribution < 1.29 is 9.50 Å². The summed E-state index contributed by atoms with van der Waals surface area (Å²) < 4.78 is 13.3. The number of aliphatic hydroxyl groups excluding tert-OH is 1. The molecule has 1 atom stereocenters. The summed E-state index contributed by atoms with van der Waals surface area (Å²) in [5.41, 5.74) is 2.07. The number of hydrogen-bond acceptors (Lipinski definition) is 3. The Hall–Kier alpha value is -2.50. The number of nitrogens with zero attached hydrogens (tertiary/aromatic N) is 1. The number of aromatic nitrogens is 1. The summed E-state index contributed by atoms with van der Waals surface area (Å²) in [4.78, 5) is 17.3. The van der Waals surface area contributed by atoms with Crippen molar-refractivity contribution in [2.75, 3.05) is 13.2 Å². The molecular weight excluding hydrogens is 331 g/mol. The molecule has 2 aromatic carbocycles. The number of pyridine rings is 1. The largest absolute Gasteiger partial charge is 0.396 e. The van der Waals surface area contributed by atoms with Crippen molar-refractivity contribution in [3.8, 4) is 0 Å². The molecule has 2 N–H and O–H groups in total. The van der Waals surface area contributed by atoms with Crippen molar-refractivity contribution in [1.29, 1.82) is 0 Å². The van der Waals surface area contributed by atoms with E-state index < -0.39 is 0 Å². The summed E-state index contributed by atoms with van der Waals surface area (Å²) in [6.45, 7) is 3.89. The summed E-state index contributed by atoms with van der Waals surface area (Å²) in [5, 5.41) is 10.2. The minimum absolute atomic E-state index is 0.0959. The number of rotatable bonds is 7. The first-order valence-corrected chi connectivity index (χ1v) is 8.74. The average Bonchev–Trinajstić information content (AvgIpc) is 2.63. The quantitative estimate of drug-likeness (QED) is 0.684. The minimum atomic E-state index is -0.372. The molecule has 0 aliphatic heterocycles. The highest BCUT2D eigenvalue weighted by Crippen LogP contribution is 2.15. The molecular formula is C21H23FN2O2. The van der Waals surface area contributed by atoms with Gasteiger partial charge in [0.15, 0.2) is 0 Å². The Labute approximate surface area is 151 Å². The third kappa shape index (κ3) is 4.56. The van der Waals surface area contributed by atoms with Crippen LogP contribution in [-0.4, -0.2) is 28.1 Å². The number of hydrogen-bond donors (Lipinski definition) is 2. The van der Waals surface area contributed by atoms with Crippen molar-refractivity contribution in [3.63, 3.8) is 0 Å². The summed E-state index contributed by atoms with van der Waals surface area (Å²) >= 11 is 0. The number of halogens is 1. The van der Waals surface area contributed by atoms with Gasteiger partial charge in [-0.1, -0.05) is 37.3 Å². The van der Waals surface area contributed by atoms with Crippen LogP contribution < -0.4 is 5.56 Å². The topological polar surface area (TPSA) is 56.3 Å². The van der Waals surface area contributed by atoms with Crippen LogP contribution in [0.2, 0.25) is 0 Å². The molecule has 0 amide bonds. The Morgan fingerprint density at radius 1 is 1.12 bits per heavy atom. The molecule has 0 fully saturated rings. The van der Waals surface area contributed by atoms with E-state index in [1.807, 2.05) is 43.3 Å². The lowest BCUT2D eigenvalue weighted by Gasteiger charge is -2.25. The molecule has 0 radical (unpaired) electrons. The van der Waals surface area contributed by atoms with Crippen LogP contribution in [0, 0.1) is 11.7 Å². The first-order chi connectivity index (χ1) is 12.5. The number of benzene rings is 2. The fraction of sp³-hybridized carbons (Fsp3) is 0.286. The van der Waals surface area contributed by atoms with Crippen LogP contribution in [0.4, 0.5) is 4.39 Å². The molecule has 0 aliphatic carbocycles. The summed E-state index contributed by atoms with van der Waals surface area (Å²) in [6.07, 6.45) is 0. The van der Waals surface area contributed by atoms with Gasteiger partial charge in [0.05, 0.1) is 5.52 Å². The second-order valence-corrected chi connectivity index (χ2v) is 6.80. The molecule has 0 unspecified atom stereocenters. The van der Waals surface area contributed by atoms with Gasteiger partial charge in [0, 0.05) is 31.8 Å². The Bertz CT molecular complexity index is 924. The van der Waals surface area contributed by atoms with Crippen LogP contribution in [0.15, 0.2) is 59.4 Å². The molecule has 0 aliphatic rings. The first kappa shape index (κ1) is 18.3. The van der Waals surface area contributed by atoms with E-state index in [1.165, 1.54) is 12.1 Å². The zero-order chi connectivity index (χ0) is 18.5. The minimum Gasteiger partial charge on any atom is -0.396 e. The van der Waals surface area contributed by atoms with E-state index in [0.717, 1.165) is 10.9 Å². The van der Waals surface area contributed by atoms with E-state index in [0.29, 0.717) is 30.7 Å². The second kappa shape index (κ2) is 8.25. The van der Waals surface area contributed by atoms with Crippen molar-refractivity contribution in [2.24, 2.45) is 5.92 Å². The maximum absolute atomic E-state index is 13.3. The van der Waals surface area contributed by atoms with Crippen molar-refractivity contribution in [3.05, 3.63) is 81.9 Å². The normalized spacial score (nSPS) is 12.6. The van der Waals surface area contributed by atoms with Crippen LogP contribution >= 0.6 is 0 Å². The molecule has 0 spiro atoms. The first-order valence-electron chi connectivity index (χ1n) is 8.74. The SMILES string of the molecule is C[C@@H](CO)CN(Cc1ccccc1)Cc1cc2ccc(F)cc2[nH]c1=O. The van der Waals surface area contributed by atoms with Crippen LogP contribution in [0.25, 0.3) is 10.9 Å². The van der Waals surface area contributed by atoms with Gasteiger partial charge in [0.2, 0.25) is 0 Å². The predicted molar refractivity (Wildman–Crippen MR) is 101 cm³/mol. The van der Waals surface area contributed by atoms with Crippen LogP contribution in [0.3, 0.4) is 0 Å². The maximum atomic E-state index is 13.3. The van der Waals surface area contributed by atoms with Gasteiger partial charge in [-0.2, -0.15) is 0 Å². The van der Waals surface area contributed by atoms with E-state index in [4.69, 9.17) is 0 Å². The van der Waals surface area contributed by atoms with Gasteiger partial charge in [0.25, 0.3) is 5.56 Å². The molecule has 5 heteroatoms. The predicted octanol–water partition coefficient (Wildman–Crippen LogP) is 3.30. The molecule has 136 valence electrons. The van der Waals surface area contributed by atoms with E-state index >= 15 is 0 Å². The number of nitrogens with one attached hydrogen (secondary N) is 1. The Morgan fingerprint density at radius 3 is 2.62 bits per heavy atom. The number of aromatic amines is 1. The third-order valence-electron chi connectivity index (χ3n) is 4.41. The molecule has 4 nitrogen and oxygen atoms in total. The highest BCUT2D eigenvalue weighted by atomic mass is 19.1. The van der Waals surface area contributed by atoms with Gasteiger partial charge < -0.3 is 10.1 Å². The van der Waals surface area contributed by atoms with Crippen LogP contribution in [0.5, 0.6) is 0 Å². The van der Waals surface area contributed by atoms with E-state index in [2.05, 4.69) is 9.88 Å². The van der Waals surface area contributed by atoms with E-state index in [-0.39, 0.29) is 23.9 Å². The molecule has 3 aromatic rings. The molecule has 1 aromatic heterocycles. The highest BCUT2D eigenvalue weighted by molar-refractivity contribution is 5.78. The summed E-state index contributed by atoms with van der Waals surface area (Å²) in [5.74, 6) is -0.268.